The van der Waals surface area contributed by atoms with Crippen LogP contribution >= 0.6 is 0 Å². The minimum atomic E-state index is -0.149. The average molecular weight is 369 g/mol. The highest BCUT2D eigenvalue weighted by molar-refractivity contribution is 5.79. The van der Waals surface area contributed by atoms with Gasteiger partial charge in [0.1, 0.15) is 12.0 Å². The van der Waals surface area contributed by atoms with E-state index >= 15 is 0 Å². The summed E-state index contributed by atoms with van der Waals surface area (Å²) in [4.78, 5) is 22.8. The molecule has 0 aliphatic carbocycles. The van der Waals surface area contributed by atoms with Crippen molar-refractivity contribution < 1.29 is 9.53 Å². The van der Waals surface area contributed by atoms with Crippen molar-refractivity contribution in [3.05, 3.63) is 36.2 Å². The van der Waals surface area contributed by atoms with Crippen LogP contribution in [-0.2, 0) is 16.0 Å². The van der Waals surface area contributed by atoms with Gasteiger partial charge in [0, 0.05) is 18.8 Å². The van der Waals surface area contributed by atoms with E-state index in [2.05, 4.69) is 34.3 Å². The molecule has 3 N–H and O–H groups in total. The summed E-state index contributed by atoms with van der Waals surface area (Å²) in [5, 5.41) is 3.26. The summed E-state index contributed by atoms with van der Waals surface area (Å²) < 4.78 is 5.18. The van der Waals surface area contributed by atoms with Gasteiger partial charge in [-0.05, 0) is 43.9 Å². The molecule has 1 fully saturated rings. The number of nitrogens with one attached hydrogen (secondary N) is 1. The first-order valence-electron chi connectivity index (χ1n) is 9.50. The number of piperidine rings is 1. The number of ether oxygens (including phenoxy) is 1. The van der Waals surface area contributed by atoms with E-state index in [4.69, 9.17) is 10.5 Å². The summed E-state index contributed by atoms with van der Waals surface area (Å²) in [6.07, 6.45) is 4.22. The fourth-order valence-corrected chi connectivity index (χ4v) is 3.32. The fourth-order valence-electron chi connectivity index (χ4n) is 3.32. The first-order valence-corrected chi connectivity index (χ1v) is 9.50. The molecule has 2 heterocycles. The Hall–Kier alpha value is -2.83. The van der Waals surface area contributed by atoms with Crippen molar-refractivity contribution in [2.45, 2.75) is 33.1 Å². The number of hydrogen-bond donors (Lipinski definition) is 2. The Morgan fingerprint density at radius 3 is 2.78 bits per heavy atom. The quantitative estimate of drug-likeness (QED) is 0.756. The first-order chi connectivity index (χ1) is 13.1. The summed E-state index contributed by atoms with van der Waals surface area (Å²) in [7, 11) is 0. The Balaban J connectivity index is 1.76. The van der Waals surface area contributed by atoms with E-state index in [0.717, 1.165) is 31.5 Å². The molecule has 2 aromatic rings. The second kappa shape index (κ2) is 8.70. The van der Waals surface area contributed by atoms with Gasteiger partial charge in [-0.3, -0.25) is 4.79 Å². The molecule has 0 bridgehead atoms. The van der Waals surface area contributed by atoms with Crippen LogP contribution in [-0.4, -0.2) is 35.6 Å². The minimum Gasteiger partial charge on any atom is -0.466 e. The van der Waals surface area contributed by atoms with Crippen LogP contribution in [0.15, 0.2) is 30.6 Å². The number of rotatable bonds is 6. The number of carbonyl (C=O) groups is 1. The van der Waals surface area contributed by atoms with Gasteiger partial charge in [0.25, 0.3) is 0 Å². The molecule has 27 heavy (non-hydrogen) atoms. The molecular formula is C20H27N5O2. The Morgan fingerprint density at radius 1 is 1.30 bits per heavy atom. The third-order valence-corrected chi connectivity index (χ3v) is 4.83. The number of nitrogen functional groups attached to an aromatic ring is 1. The van der Waals surface area contributed by atoms with Crippen LogP contribution in [0.3, 0.4) is 0 Å². The lowest BCUT2D eigenvalue weighted by Crippen LogP contribution is -2.40. The molecule has 7 heteroatoms. The van der Waals surface area contributed by atoms with Gasteiger partial charge in [-0.15, -0.1) is 0 Å². The maximum atomic E-state index is 12.1. The van der Waals surface area contributed by atoms with E-state index in [-0.39, 0.29) is 11.9 Å². The summed E-state index contributed by atoms with van der Waals surface area (Å²) in [6, 6.07) is 8.18. The third kappa shape index (κ3) is 4.48. The first kappa shape index (κ1) is 18.9. The van der Waals surface area contributed by atoms with Crippen LogP contribution in [0.1, 0.15) is 32.3 Å². The van der Waals surface area contributed by atoms with Gasteiger partial charge in [-0.1, -0.05) is 19.1 Å². The van der Waals surface area contributed by atoms with Crippen molar-refractivity contribution >= 4 is 29.0 Å². The maximum Gasteiger partial charge on any atom is 0.310 e. The van der Waals surface area contributed by atoms with E-state index in [1.807, 2.05) is 24.0 Å². The zero-order chi connectivity index (χ0) is 19.2. The van der Waals surface area contributed by atoms with E-state index in [1.54, 1.807) is 0 Å². The Morgan fingerprint density at radius 2 is 2.07 bits per heavy atom. The molecule has 1 aromatic carbocycles. The van der Waals surface area contributed by atoms with Crippen molar-refractivity contribution in [1.82, 2.24) is 9.97 Å². The smallest absolute Gasteiger partial charge is 0.310 e. The molecule has 1 saturated heterocycles. The van der Waals surface area contributed by atoms with Gasteiger partial charge in [-0.2, -0.15) is 0 Å². The molecule has 1 aliphatic heterocycles. The van der Waals surface area contributed by atoms with Crippen LogP contribution in [0, 0.1) is 5.92 Å². The van der Waals surface area contributed by atoms with E-state index in [9.17, 15) is 4.79 Å². The van der Waals surface area contributed by atoms with Crippen molar-refractivity contribution in [2.75, 3.05) is 35.6 Å². The molecule has 3 rings (SSSR count). The summed E-state index contributed by atoms with van der Waals surface area (Å²) in [6.45, 7) is 5.72. The number of carbonyl (C=O) groups excluding carboxylic acids is 1. The molecule has 0 radical (unpaired) electrons. The molecule has 7 nitrogen and oxygen atoms in total. The zero-order valence-corrected chi connectivity index (χ0v) is 15.9. The molecular weight excluding hydrogens is 342 g/mol. The largest absolute Gasteiger partial charge is 0.466 e. The van der Waals surface area contributed by atoms with Gasteiger partial charge in [0.2, 0.25) is 0 Å². The standard InChI is InChI=1S/C20H27N5O2/c1-3-14-7-9-16(10-8-14)24-18-17(21)19(23-13-22-18)25-11-5-6-15(12-25)20(26)27-4-2/h7-10,13,15H,3-6,11-12,21H2,1-2H3,(H,22,23,24). The van der Waals surface area contributed by atoms with Crippen molar-refractivity contribution in [3.63, 3.8) is 0 Å². The van der Waals surface area contributed by atoms with Gasteiger partial charge in [-0.25, -0.2) is 9.97 Å². The lowest BCUT2D eigenvalue weighted by molar-refractivity contribution is -0.148. The van der Waals surface area contributed by atoms with E-state index in [0.29, 0.717) is 30.5 Å². The number of aryl methyl sites for hydroxylation is 1. The number of anilines is 4. The van der Waals surface area contributed by atoms with Gasteiger partial charge >= 0.3 is 5.97 Å². The highest BCUT2D eigenvalue weighted by atomic mass is 16.5. The predicted octanol–water partition coefficient (Wildman–Crippen LogP) is 3.14. The molecule has 1 aliphatic rings. The van der Waals surface area contributed by atoms with Crippen molar-refractivity contribution in [2.24, 2.45) is 5.92 Å². The predicted molar refractivity (Wildman–Crippen MR) is 107 cm³/mol. The molecule has 0 saturated carbocycles. The molecule has 0 spiro atoms. The van der Waals surface area contributed by atoms with Crippen LogP contribution in [0.5, 0.6) is 0 Å². The third-order valence-electron chi connectivity index (χ3n) is 4.83. The lowest BCUT2D eigenvalue weighted by Gasteiger charge is -2.33. The second-order valence-corrected chi connectivity index (χ2v) is 6.67. The average Bonchev–Trinajstić information content (AvgIpc) is 2.70. The maximum absolute atomic E-state index is 12.1. The van der Waals surface area contributed by atoms with Crippen LogP contribution < -0.4 is 16.0 Å². The van der Waals surface area contributed by atoms with Crippen molar-refractivity contribution in [1.29, 1.82) is 0 Å². The fraction of sp³-hybridized carbons (Fsp3) is 0.450. The molecule has 1 unspecified atom stereocenters. The lowest BCUT2D eigenvalue weighted by atomic mass is 9.98. The second-order valence-electron chi connectivity index (χ2n) is 6.67. The molecule has 1 aromatic heterocycles. The number of benzene rings is 1. The molecule has 1 atom stereocenters. The van der Waals surface area contributed by atoms with Gasteiger partial charge < -0.3 is 20.7 Å². The van der Waals surface area contributed by atoms with Crippen LogP contribution in [0.4, 0.5) is 23.0 Å². The summed E-state index contributed by atoms with van der Waals surface area (Å²) in [5.74, 6) is 0.935. The Kier molecular flexibility index (Phi) is 6.11. The van der Waals surface area contributed by atoms with E-state index < -0.39 is 0 Å². The van der Waals surface area contributed by atoms with Crippen molar-refractivity contribution in [3.8, 4) is 0 Å². The van der Waals surface area contributed by atoms with Gasteiger partial charge in [0.15, 0.2) is 11.6 Å². The summed E-state index contributed by atoms with van der Waals surface area (Å²) in [5.41, 5.74) is 9.04. The number of hydrogen-bond acceptors (Lipinski definition) is 7. The number of nitrogens with two attached hydrogens (primary N) is 1. The van der Waals surface area contributed by atoms with Crippen LogP contribution in [0.2, 0.25) is 0 Å². The normalized spacial score (nSPS) is 16.8. The zero-order valence-electron chi connectivity index (χ0n) is 15.9. The number of nitrogens with zero attached hydrogens (tertiary/aromatic N) is 3. The number of aromatic nitrogens is 2. The van der Waals surface area contributed by atoms with Gasteiger partial charge in [0.05, 0.1) is 12.5 Å². The monoisotopic (exact) mass is 369 g/mol. The summed E-state index contributed by atoms with van der Waals surface area (Å²) >= 11 is 0. The Bertz CT molecular complexity index is 778. The topological polar surface area (TPSA) is 93.4 Å². The highest BCUT2D eigenvalue weighted by Crippen LogP contribution is 2.31. The molecule has 0 amide bonds. The number of esters is 1. The minimum absolute atomic E-state index is 0.147. The van der Waals surface area contributed by atoms with Crippen LogP contribution in [0.25, 0.3) is 0 Å². The molecule has 144 valence electrons. The Labute approximate surface area is 159 Å². The SMILES string of the molecule is CCOC(=O)C1CCCN(c2ncnc(Nc3ccc(CC)cc3)c2N)C1. The van der Waals surface area contributed by atoms with E-state index in [1.165, 1.54) is 11.9 Å². The highest BCUT2D eigenvalue weighted by Gasteiger charge is 2.29.